The van der Waals surface area contributed by atoms with Crippen LogP contribution >= 0.6 is 22.9 Å². The predicted octanol–water partition coefficient (Wildman–Crippen LogP) is 4.86. The molecule has 1 fully saturated rings. The molecule has 0 spiro atoms. The van der Waals surface area contributed by atoms with E-state index in [0.717, 1.165) is 59.4 Å². The molecule has 204 valence electrons. The molecule has 1 aliphatic heterocycles. The molecule has 0 radical (unpaired) electrons. The third kappa shape index (κ3) is 6.03. The molecule has 8 nitrogen and oxygen atoms in total. The van der Waals surface area contributed by atoms with E-state index >= 15 is 4.39 Å². The lowest BCUT2D eigenvalue weighted by atomic mass is 10.2. The van der Waals surface area contributed by atoms with E-state index in [0.29, 0.717) is 6.54 Å². The Balaban J connectivity index is 1.57. The highest BCUT2D eigenvalue weighted by atomic mass is 35.5. The second kappa shape index (κ2) is 11.0. The van der Waals surface area contributed by atoms with E-state index in [-0.39, 0.29) is 21.2 Å². The van der Waals surface area contributed by atoms with Gasteiger partial charge in [0.05, 0.1) is 16.2 Å². The van der Waals surface area contributed by atoms with E-state index in [9.17, 15) is 26.4 Å². The number of hydrogen-bond acceptors (Lipinski definition) is 8. The van der Waals surface area contributed by atoms with Gasteiger partial charge in [-0.25, -0.2) is 14.2 Å². The Kier molecular flexibility index (Phi) is 8.16. The first-order valence-corrected chi connectivity index (χ1v) is 13.8. The summed E-state index contributed by atoms with van der Waals surface area (Å²) < 4.78 is 79.6. The Hall–Kier alpha value is -2.94. The van der Waals surface area contributed by atoms with Crippen molar-refractivity contribution >= 4 is 50.4 Å². The molecule has 0 N–H and O–H groups in total. The lowest BCUT2D eigenvalue weighted by molar-refractivity contribution is -0.199. The number of carbonyl (C=O) groups excluding carboxylic acids is 1. The molecule has 0 aliphatic carbocycles. The highest BCUT2D eigenvalue weighted by molar-refractivity contribution is 7.92. The van der Waals surface area contributed by atoms with E-state index < -0.39 is 38.7 Å². The van der Waals surface area contributed by atoms with Gasteiger partial charge in [0, 0.05) is 44.2 Å². The average Bonchev–Trinajstić information content (AvgIpc) is 3.55. The molecule has 15 heteroatoms. The number of anilines is 2. The Morgan fingerprint density at radius 3 is 2.61 bits per heavy atom. The fraction of sp³-hybridized carbons (Fsp3) is 0.304. The zero-order chi connectivity index (χ0) is 27.7. The fourth-order valence-corrected chi connectivity index (χ4v) is 6.23. The average molecular weight is 593 g/mol. The highest BCUT2D eigenvalue weighted by Gasteiger charge is 2.46. The molecular weight excluding hydrogens is 572 g/mol. The molecule has 3 aromatic rings. The minimum Gasteiger partial charge on any atom is -0.369 e. The van der Waals surface area contributed by atoms with Gasteiger partial charge in [-0.15, -0.1) is 11.3 Å². The number of sulfonamides is 1. The smallest absolute Gasteiger partial charge is 0.369 e. The van der Waals surface area contributed by atoms with Crippen LogP contribution in [0.1, 0.15) is 12.0 Å². The number of thiazole rings is 1. The van der Waals surface area contributed by atoms with Crippen molar-refractivity contribution in [2.45, 2.75) is 30.1 Å². The van der Waals surface area contributed by atoms with Gasteiger partial charge in [-0.05, 0) is 18.1 Å². The van der Waals surface area contributed by atoms with Crippen LogP contribution in [0.15, 0.2) is 58.3 Å². The molecule has 0 saturated carbocycles. The molecule has 1 aliphatic rings. The first kappa shape index (κ1) is 28.1. The number of halogens is 5. The largest absolute Gasteiger partial charge is 0.493 e. The molecule has 2 heterocycles. The van der Waals surface area contributed by atoms with Gasteiger partial charge in [0.2, 0.25) is 0 Å². The number of carbonyl (C=O) groups is 1. The summed E-state index contributed by atoms with van der Waals surface area (Å²) in [5.74, 6) is -4.77. The zero-order valence-corrected chi connectivity index (χ0v) is 22.1. The van der Waals surface area contributed by atoms with E-state index in [2.05, 4.69) is 14.7 Å². The van der Waals surface area contributed by atoms with Crippen LogP contribution in [0.4, 0.5) is 29.1 Å². The van der Waals surface area contributed by atoms with Gasteiger partial charge in [0.15, 0.2) is 5.82 Å². The van der Waals surface area contributed by atoms with Crippen molar-refractivity contribution in [2.75, 3.05) is 29.5 Å². The summed E-state index contributed by atoms with van der Waals surface area (Å²) >= 11 is 7.17. The van der Waals surface area contributed by atoms with Crippen molar-refractivity contribution in [3.63, 3.8) is 0 Å². The van der Waals surface area contributed by atoms with Gasteiger partial charge >= 0.3 is 12.1 Å². The van der Waals surface area contributed by atoms with Crippen LogP contribution in [0.25, 0.3) is 0 Å². The third-order valence-corrected chi connectivity index (χ3v) is 8.37. The fourth-order valence-electron chi connectivity index (χ4n) is 4.03. The quantitative estimate of drug-likeness (QED) is 0.273. The second-order valence-corrected chi connectivity index (χ2v) is 11.3. The van der Waals surface area contributed by atoms with E-state index in [1.165, 1.54) is 0 Å². The number of likely N-dealkylation sites (N-methyl/N-ethyl adjacent to an activating group) is 1. The second-order valence-electron chi connectivity index (χ2n) is 8.46. The van der Waals surface area contributed by atoms with E-state index in [4.69, 9.17) is 11.6 Å². The van der Waals surface area contributed by atoms with Crippen molar-refractivity contribution in [1.82, 2.24) is 9.88 Å². The van der Waals surface area contributed by atoms with E-state index in [1.54, 1.807) is 11.9 Å². The van der Waals surface area contributed by atoms with Gasteiger partial charge < -0.3 is 9.74 Å². The van der Waals surface area contributed by atoms with Gasteiger partial charge in [-0.1, -0.05) is 46.4 Å². The Labute approximate surface area is 225 Å². The summed E-state index contributed by atoms with van der Waals surface area (Å²) in [6, 6.07) is 11.5. The number of rotatable bonds is 8. The summed E-state index contributed by atoms with van der Waals surface area (Å²) in [6.07, 6.45) is -4.77. The molecule has 1 atom stereocenters. The zero-order valence-electron chi connectivity index (χ0n) is 19.7. The van der Waals surface area contributed by atoms with Crippen LogP contribution in [0, 0.1) is 5.82 Å². The van der Waals surface area contributed by atoms with Crippen molar-refractivity contribution in [1.29, 1.82) is 0 Å². The number of likely N-dealkylation sites (tertiary alicyclic amines) is 1. The summed E-state index contributed by atoms with van der Waals surface area (Å²) in [4.78, 5) is 22.0. The highest BCUT2D eigenvalue weighted by Crippen LogP contribution is 2.35. The molecule has 2 aromatic carbocycles. The molecule has 4 rings (SSSR count). The van der Waals surface area contributed by atoms with Gasteiger partial charge in [0.25, 0.3) is 10.0 Å². The Morgan fingerprint density at radius 1 is 1.26 bits per heavy atom. The number of aromatic nitrogens is 1. The SMILES string of the molecule is CN(c1cc(F)c(S(=O)(=O)N(OC(=O)C(F)(F)F)c2cscn2)cc1Cl)[C@H]1CCN(Cc2ccccc2)C1. The van der Waals surface area contributed by atoms with E-state index in [1.807, 2.05) is 30.3 Å². The van der Waals surface area contributed by atoms with Crippen LogP contribution in [-0.4, -0.2) is 56.6 Å². The van der Waals surface area contributed by atoms with Crippen LogP contribution < -0.4 is 9.37 Å². The standard InChI is InChI=1S/C23H21ClF4N4O4S2/c1-30(16-7-8-31(12-16)11-15-5-3-2-4-6-15)19-10-18(25)20(9-17(19)24)38(34,35)32(21-13-37-14-29-21)36-22(33)23(26,27)28/h2-6,9-10,13-14,16H,7-8,11-12H2,1H3/t16-/m0/s1. The van der Waals surface area contributed by atoms with Crippen LogP contribution in [0.2, 0.25) is 5.02 Å². The maximum absolute atomic E-state index is 15.2. The molecule has 0 unspecified atom stereocenters. The van der Waals surface area contributed by atoms with Gasteiger partial charge in [-0.2, -0.15) is 21.6 Å². The van der Waals surface area contributed by atoms with Gasteiger partial charge in [0.1, 0.15) is 10.7 Å². The molecular formula is C23H21ClF4N4O4S2. The number of nitrogens with zero attached hydrogens (tertiary/aromatic N) is 4. The first-order chi connectivity index (χ1) is 17.9. The van der Waals surface area contributed by atoms with Gasteiger partial charge in [-0.3, -0.25) is 4.90 Å². The predicted molar refractivity (Wildman–Crippen MR) is 134 cm³/mol. The number of alkyl halides is 3. The lowest BCUT2D eigenvalue weighted by Crippen LogP contribution is -2.39. The summed E-state index contributed by atoms with van der Waals surface area (Å²) in [5.41, 5.74) is 2.44. The maximum Gasteiger partial charge on any atom is 0.493 e. The molecule has 0 amide bonds. The normalized spacial score (nSPS) is 16.4. The Morgan fingerprint density at radius 2 is 1.97 bits per heavy atom. The van der Waals surface area contributed by atoms with Crippen molar-refractivity contribution < 1.29 is 35.6 Å². The topological polar surface area (TPSA) is 83.1 Å². The first-order valence-electron chi connectivity index (χ1n) is 11.1. The van der Waals surface area contributed by atoms with Crippen molar-refractivity contribution in [2.24, 2.45) is 0 Å². The van der Waals surface area contributed by atoms with Crippen LogP contribution in [-0.2, 0) is 26.2 Å². The van der Waals surface area contributed by atoms with Crippen LogP contribution in [0.3, 0.4) is 0 Å². The monoisotopic (exact) mass is 592 g/mol. The number of hydrogen-bond donors (Lipinski definition) is 0. The van der Waals surface area contributed by atoms with Crippen molar-refractivity contribution in [3.05, 3.63) is 69.8 Å². The molecule has 1 aromatic heterocycles. The number of benzene rings is 2. The molecule has 0 bridgehead atoms. The maximum atomic E-state index is 15.2. The third-order valence-electron chi connectivity index (χ3n) is 5.93. The summed E-state index contributed by atoms with van der Waals surface area (Å²) in [7, 11) is -3.50. The molecule has 1 saturated heterocycles. The minimum atomic E-state index is -5.51. The summed E-state index contributed by atoms with van der Waals surface area (Å²) in [5, 5.41) is 0.860. The van der Waals surface area contributed by atoms with Crippen molar-refractivity contribution in [3.8, 4) is 0 Å². The lowest BCUT2D eigenvalue weighted by Gasteiger charge is -2.28. The summed E-state index contributed by atoms with van der Waals surface area (Å²) in [6.45, 7) is 2.16. The minimum absolute atomic E-state index is 0.0580. The Bertz CT molecular complexity index is 1390. The van der Waals surface area contributed by atoms with Crippen LogP contribution in [0.5, 0.6) is 0 Å². The molecule has 38 heavy (non-hydrogen) atoms.